The lowest BCUT2D eigenvalue weighted by atomic mass is 9.85. The number of amidine groups is 1. The summed E-state index contributed by atoms with van der Waals surface area (Å²) in [5.41, 5.74) is 8.27. The number of nitrogens with two attached hydrogens (primary N) is 1. The first-order chi connectivity index (χ1) is 16.4. The highest BCUT2D eigenvalue weighted by Crippen LogP contribution is 2.36. The van der Waals surface area contributed by atoms with E-state index in [4.69, 9.17) is 15.9 Å². The van der Waals surface area contributed by atoms with Gasteiger partial charge in [-0.2, -0.15) is 0 Å². The average Bonchev–Trinajstić information content (AvgIpc) is 3.27. The Morgan fingerprint density at radius 2 is 1.88 bits per heavy atom. The van der Waals surface area contributed by atoms with Gasteiger partial charge in [0.05, 0.1) is 17.6 Å². The molecule has 1 aromatic heterocycles. The summed E-state index contributed by atoms with van der Waals surface area (Å²) in [6.45, 7) is 4.14. The normalized spacial score (nSPS) is 12.8. The second-order valence-corrected chi connectivity index (χ2v) is 7.96. The first-order valence-electron chi connectivity index (χ1n) is 11.1. The zero-order valence-corrected chi connectivity index (χ0v) is 19.1. The van der Waals surface area contributed by atoms with Crippen LogP contribution < -0.4 is 15.8 Å². The Morgan fingerprint density at radius 3 is 2.50 bits per heavy atom. The van der Waals surface area contributed by atoms with E-state index >= 15 is 0 Å². The van der Waals surface area contributed by atoms with Crippen molar-refractivity contribution in [2.75, 3.05) is 11.9 Å². The smallest absolute Gasteiger partial charge is 0.334 e. The molecule has 0 saturated heterocycles. The van der Waals surface area contributed by atoms with Crippen molar-refractivity contribution in [1.29, 1.82) is 5.41 Å². The summed E-state index contributed by atoms with van der Waals surface area (Å²) < 4.78 is 5.79. The maximum Gasteiger partial charge on any atom is 0.334 e. The Bertz CT molecular complexity index is 1310. The number of para-hydroxylation sites is 2. The molecule has 174 valence electrons. The topological polar surface area (TPSA) is 137 Å². The Balaban J connectivity index is 1.83. The molecule has 0 aliphatic heterocycles. The highest BCUT2D eigenvalue weighted by molar-refractivity contribution is 5.95. The van der Waals surface area contributed by atoms with Crippen LogP contribution in [0.3, 0.4) is 0 Å². The Hall–Kier alpha value is -4.33. The number of aromatic nitrogens is 2. The van der Waals surface area contributed by atoms with Gasteiger partial charge >= 0.3 is 5.97 Å². The number of carbonyl (C=O) groups is 1. The van der Waals surface area contributed by atoms with Crippen LogP contribution in [0.15, 0.2) is 66.7 Å². The van der Waals surface area contributed by atoms with Crippen molar-refractivity contribution in [3.63, 3.8) is 0 Å². The van der Waals surface area contributed by atoms with Crippen LogP contribution in [0.2, 0.25) is 0 Å². The quantitative estimate of drug-likeness (QED) is 0.182. The largest absolute Gasteiger partial charge is 0.494 e. The molecule has 1 atom stereocenters. The number of aliphatic carboxylic acids is 1. The molecule has 8 heteroatoms. The van der Waals surface area contributed by atoms with Crippen molar-refractivity contribution in [1.82, 2.24) is 9.97 Å². The van der Waals surface area contributed by atoms with Crippen LogP contribution in [0, 0.1) is 5.41 Å². The summed E-state index contributed by atoms with van der Waals surface area (Å²) in [6, 6.07) is 20.0. The summed E-state index contributed by atoms with van der Waals surface area (Å²) in [5, 5.41) is 21.2. The van der Waals surface area contributed by atoms with E-state index in [0.29, 0.717) is 35.0 Å². The molecule has 0 amide bonds. The number of fused-ring (bicyclic) bond motifs is 1. The lowest BCUT2D eigenvalue weighted by Gasteiger charge is -2.32. The lowest BCUT2D eigenvalue weighted by molar-refractivity contribution is -0.142. The second-order valence-electron chi connectivity index (χ2n) is 7.96. The SMILES string of the molecule is CCOc1cc(-c2nc3ccccc3[nH]2)cc(C(CC)(Nc2ccc(C(=N)N)cc2)C(=O)O)c1. The fourth-order valence-electron chi connectivity index (χ4n) is 3.99. The van der Waals surface area contributed by atoms with Crippen LogP contribution in [-0.2, 0) is 10.3 Å². The third-order valence-electron chi connectivity index (χ3n) is 5.82. The Kier molecular flexibility index (Phi) is 6.23. The van der Waals surface area contributed by atoms with Crippen LogP contribution in [0.1, 0.15) is 31.4 Å². The van der Waals surface area contributed by atoms with Crippen LogP contribution in [-0.4, -0.2) is 33.5 Å². The minimum atomic E-state index is -1.42. The van der Waals surface area contributed by atoms with Crippen molar-refractivity contribution in [3.8, 4) is 17.1 Å². The third kappa shape index (κ3) is 4.30. The van der Waals surface area contributed by atoms with Crippen molar-refractivity contribution >= 4 is 28.5 Å². The van der Waals surface area contributed by atoms with E-state index in [9.17, 15) is 9.90 Å². The summed E-state index contributed by atoms with van der Waals surface area (Å²) in [6.07, 6.45) is 0.270. The molecule has 0 radical (unpaired) electrons. The number of carboxylic acid groups (broad SMARTS) is 1. The first-order valence-corrected chi connectivity index (χ1v) is 11.1. The van der Waals surface area contributed by atoms with Gasteiger partial charge in [0.15, 0.2) is 5.54 Å². The highest BCUT2D eigenvalue weighted by Gasteiger charge is 2.39. The summed E-state index contributed by atoms with van der Waals surface area (Å²) in [4.78, 5) is 20.7. The molecule has 0 aliphatic carbocycles. The zero-order chi connectivity index (χ0) is 24.3. The average molecular weight is 458 g/mol. The van der Waals surface area contributed by atoms with Crippen molar-refractivity contribution in [2.45, 2.75) is 25.8 Å². The predicted molar refractivity (Wildman–Crippen MR) is 133 cm³/mol. The molecule has 4 aromatic rings. The molecule has 0 fully saturated rings. The fourth-order valence-corrected chi connectivity index (χ4v) is 3.99. The van der Waals surface area contributed by atoms with Gasteiger partial charge in [-0.3, -0.25) is 5.41 Å². The molecule has 1 unspecified atom stereocenters. The van der Waals surface area contributed by atoms with E-state index in [1.165, 1.54) is 0 Å². The van der Waals surface area contributed by atoms with Gasteiger partial charge in [-0.1, -0.05) is 19.1 Å². The van der Waals surface area contributed by atoms with Gasteiger partial charge in [-0.05, 0) is 73.5 Å². The molecule has 3 aromatic carbocycles. The molecule has 0 bridgehead atoms. The van der Waals surface area contributed by atoms with Gasteiger partial charge in [0.25, 0.3) is 0 Å². The number of aromatic amines is 1. The lowest BCUT2D eigenvalue weighted by Crippen LogP contribution is -2.43. The maximum absolute atomic E-state index is 12.7. The first kappa shape index (κ1) is 22.8. The second kappa shape index (κ2) is 9.27. The number of nitrogens with one attached hydrogen (secondary N) is 3. The molecule has 6 N–H and O–H groups in total. The minimum absolute atomic E-state index is 0.0496. The number of imidazole rings is 1. The number of anilines is 1. The molecule has 8 nitrogen and oxygen atoms in total. The molecular formula is C26H27N5O3. The van der Waals surface area contributed by atoms with Gasteiger partial charge < -0.3 is 25.9 Å². The Morgan fingerprint density at radius 1 is 1.15 bits per heavy atom. The third-order valence-corrected chi connectivity index (χ3v) is 5.82. The molecule has 0 aliphatic rings. The van der Waals surface area contributed by atoms with E-state index in [1.54, 1.807) is 30.3 Å². The van der Waals surface area contributed by atoms with Crippen molar-refractivity contribution in [3.05, 3.63) is 77.9 Å². The minimum Gasteiger partial charge on any atom is -0.494 e. The van der Waals surface area contributed by atoms with E-state index in [2.05, 4.69) is 15.3 Å². The number of benzene rings is 3. The van der Waals surface area contributed by atoms with E-state index < -0.39 is 11.5 Å². The highest BCUT2D eigenvalue weighted by atomic mass is 16.5. The predicted octanol–water partition coefficient (Wildman–Crippen LogP) is 4.71. The monoisotopic (exact) mass is 457 g/mol. The van der Waals surface area contributed by atoms with Gasteiger partial charge in [-0.25, -0.2) is 9.78 Å². The number of rotatable bonds is 9. The zero-order valence-electron chi connectivity index (χ0n) is 19.1. The molecule has 0 spiro atoms. The number of hydrogen-bond acceptors (Lipinski definition) is 5. The van der Waals surface area contributed by atoms with Crippen LogP contribution >= 0.6 is 0 Å². The van der Waals surface area contributed by atoms with E-state index in [0.717, 1.165) is 16.6 Å². The number of H-pyrrole nitrogens is 1. The number of carboxylic acids is 1. The van der Waals surface area contributed by atoms with Crippen LogP contribution in [0.5, 0.6) is 5.75 Å². The van der Waals surface area contributed by atoms with Crippen LogP contribution in [0.25, 0.3) is 22.4 Å². The van der Waals surface area contributed by atoms with Crippen molar-refractivity contribution < 1.29 is 14.6 Å². The number of hydrogen-bond donors (Lipinski definition) is 5. The molecule has 1 heterocycles. The fraction of sp³-hybridized carbons (Fsp3) is 0.192. The van der Waals surface area contributed by atoms with Gasteiger partial charge in [0.2, 0.25) is 0 Å². The summed E-state index contributed by atoms with van der Waals surface area (Å²) in [5.74, 6) is 0.120. The van der Waals surface area contributed by atoms with E-state index in [-0.39, 0.29) is 12.3 Å². The molecule has 34 heavy (non-hydrogen) atoms. The molecule has 4 rings (SSSR count). The number of nitrogen functional groups attached to an aromatic ring is 1. The van der Waals surface area contributed by atoms with Gasteiger partial charge in [0.1, 0.15) is 17.4 Å². The summed E-state index contributed by atoms with van der Waals surface area (Å²) in [7, 11) is 0. The van der Waals surface area contributed by atoms with Crippen LogP contribution in [0.4, 0.5) is 5.69 Å². The summed E-state index contributed by atoms with van der Waals surface area (Å²) >= 11 is 0. The molecular weight excluding hydrogens is 430 g/mol. The standard InChI is InChI=1S/C26H27N5O3/c1-3-26(25(32)33,31-19-11-9-16(10-12-19)23(27)28)18-13-17(14-20(15-18)34-4-2)24-29-21-7-5-6-8-22(21)30-24/h5-15,31H,3-4H2,1-2H3,(H3,27,28)(H,29,30)(H,32,33). The molecule has 0 saturated carbocycles. The maximum atomic E-state index is 12.7. The van der Waals surface area contributed by atoms with E-state index in [1.807, 2.05) is 50.2 Å². The number of nitrogens with zero attached hydrogens (tertiary/aromatic N) is 1. The van der Waals surface area contributed by atoms with Crippen molar-refractivity contribution in [2.24, 2.45) is 5.73 Å². The Labute approximate surface area is 197 Å². The number of ether oxygens (including phenoxy) is 1. The van der Waals surface area contributed by atoms with Gasteiger partial charge in [-0.15, -0.1) is 0 Å². The van der Waals surface area contributed by atoms with Gasteiger partial charge in [0, 0.05) is 16.8 Å².